The highest BCUT2D eigenvalue weighted by Gasteiger charge is 2.28. The standard InChI is InChI=1S/C12H14INO4S/c13-9-1-3-11(4-2-9)18-7-12(15)14-10-5-6-19(16,17)8-10/h1-4,10H,5-8H2,(H,14,15). The Kier molecular flexibility index (Phi) is 4.67. The highest BCUT2D eigenvalue weighted by atomic mass is 127. The van der Waals surface area contributed by atoms with Gasteiger partial charge in [0.15, 0.2) is 16.4 Å². The van der Waals surface area contributed by atoms with Gasteiger partial charge in [0, 0.05) is 9.61 Å². The van der Waals surface area contributed by atoms with E-state index in [9.17, 15) is 13.2 Å². The van der Waals surface area contributed by atoms with Crippen molar-refractivity contribution in [2.24, 2.45) is 0 Å². The van der Waals surface area contributed by atoms with Crippen molar-refractivity contribution in [1.82, 2.24) is 5.32 Å². The van der Waals surface area contributed by atoms with Crippen LogP contribution >= 0.6 is 22.6 Å². The number of halogens is 1. The van der Waals surface area contributed by atoms with Crippen LogP contribution in [0.4, 0.5) is 0 Å². The van der Waals surface area contributed by atoms with Crippen LogP contribution in [-0.2, 0) is 14.6 Å². The third-order valence-corrected chi connectivity index (χ3v) is 5.27. The zero-order chi connectivity index (χ0) is 13.9. The van der Waals surface area contributed by atoms with Crippen LogP contribution in [0.15, 0.2) is 24.3 Å². The second-order valence-electron chi connectivity index (χ2n) is 4.41. The largest absolute Gasteiger partial charge is 0.484 e. The molecule has 1 unspecified atom stereocenters. The van der Waals surface area contributed by atoms with E-state index in [1.807, 2.05) is 12.1 Å². The summed E-state index contributed by atoms with van der Waals surface area (Å²) in [7, 11) is -2.97. The van der Waals surface area contributed by atoms with Crippen molar-refractivity contribution >= 4 is 38.3 Å². The number of hydrogen-bond donors (Lipinski definition) is 1. The number of ether oxygens (including phenoxy) is 1. The lowest BCUT2D eigenvalue weighted by atomic mass is 10.2. The predicted molar refractivity (Wildman–Crippen MR) is 79.9 cm³/mol. The van der Waals surface area contributed by atoms with Gasteiger partial charge in [-0.2, -0.15) is 0 Å². The molecule has 1 atom stereocenters. The van der Waals surface area contributed by atoms with E-state index in [1.165, 1.54) is 0 Å². The van der Waals surface area contributed by atoms with E-state index in [0.29, 0.717) is 12.2 Å². The van der Waals surface area contributed by atoms with Crippen molar-refractivity contribution in [3.8, 4) is 5.75 Å². The van der Waals surface area contributed by atoms with Gasteiger partial charge in [-0.05, 0) is 53.3 Å². The molecule has 1 heterocycles. The van der Waals surface area contributed by atoms with Gasteiger partial charge in [0.05, 0.1) is 11.5 Å². The molecule has 1 aliphatic rings. The molecule has 0 bridgehead atoms. The summed E-state index contributed by atoms with van der Waals surface area (Å²) in [6.45, 7) is -0.100. The lowest BCUT2D eigenvalue weighted by Crippen LogP contribution is -2.38. The molecule has 2 rings (SSSR count). The maximum atomic E-state index is 11.6. The van der Waals surface area contributed by atoms with Crippen molar-refractivity contribution in [2.75, 3.05) is 18.1 Å². The van der Waals surface area contributed by atoms with Crippen LogP contribution in [0.5, 0.6) is 5.75 Å². The Morgan fingerprint density at radius 1 is 1.37 bits per heavy atom. The Bertz CT molecular complexity index is 556. The van der Waals surface area contributed by atoms with Crippen LogP contribution in [0.1, 0.15) is 6.42 Å². The van der Waals surface area contributed by atoms with E-state index >= 15 is 0 Å². The van der Waals surface area contributed by atoms with Gasteiger partial charge in [0.1, 0.15) is 5.75 Å². The predicted octanol–water partition coefficient (Wildman–Crippen LogP) is 0.973. The molecule has 1 saturated heterocycles. The van der Waals surface area contributed by atoms with Gasteiger partial charge in [-0.15, -0.1) is 0 Å². The molecule has 1 fully saturated rings. The summed E-state index contributed by atoms with van der Waals surface area (Å²) in [6.07, 6.45) is 0.484. The van der Waals surface area contributed by atoms with Gasteiger partial charge >= 0.3 is 0 Å². The maximum absolute atomic E-state index is 11.6. The van der Waals surface area contributed by atoms with Crippen LogP contribution < -0.4 is 10.1 Å². The molecule has 1 aromatic rings. The third-order valence-electron chi connectivity index (χ3n) is 2.78. The molecule has 5 nitrogen and oxygen atoms in total. The molecular formula is C12H14INO4S. The minimum Gasteiger partial charge on any atom is -0.484 e. The van der Waals surface area contributed by atoms with Crippen molar-refractivity contribution in [3.63, 3.8) is 0 Å². The Morgan fingerprint density at radius 3 is 2.63 bits per heavy atom. The number of sulfone groups is 1. The van der Waals surface area contributed by atoms with Gasteiger partial charge in [-0.1, -0.05) is 0 Å². The van der Waals surface area contributed by atoms with E-state index in [-0.39, 0.29) is 30.1 Å². The Labute approximate surface area is 125 Å². The second-order valence-corrected chi connectivity index (χ2v) is 7.88. The molecule has 1 aliphatic heterocycles. The normalized spacial score (nSPS) is 21.0. The van der Waals surface area contributed by atoms with Crippen LogP contribution in [0.25, 0.3) is 0 Å². The van der Waals surface area contributed by atoms with Crippen molar-refractivity contribution in [1.29, 1.82) is 0 Å². The minimum absolute atomic E-state index is 0.0300. The lowest BCUT2D eigenvalue weighted by molar-refractivity contribution is -0.123. The minimum atomic E-state index is -2.97. The summed E-state index contributed by atoms with van der Waals surface area (Å²) >= 11 is 2.18. The zero-order valence-corrected chi connectivity index (χ0v) is 13.1. The molecule has 7 heteroatoms. The smallest absolute Gasteiger partial charge is 0.258 e. The average molecular weight is 395 g/mol. The van der Waals surface area contributed by atoms with E-state index in [0.717, 1.165) is 3.57 Å². The molecule has 1 aromatic carbocycles. The van der Waals surface area contributed by atoms with Gasteiger partial charge in [-0.25, -0.2) is 8.42 Å². The van der Waals surface area contributed by atoms with Crippen LogP contribution in [0, 0.1) is 3.57 Å². The number of amides is 1. The highest BCUT2D eigenvalue weighted by molar-refractivity contribution is 14.1. The first-order valence-electron chi connectivity index (χ1n) is 5.83. The second kappa shape index (κ2) is 6.08. The van der Waals surface area contributed by atoms with Gasteiger partial charge < -0.3 is 10.1 Å². The topological polar surface area (TPSA) is 72.5 Å². The van der Waals surface area contributed by atoms with Crippen molar-refractivity contribution in [3.05, 3.63) is 27.8 Å². The quantitative estimate of drug-likeness (QED) is 0.772. The summed E-state index contributed by atoms with van der Waals surface area (Å²) in [6, 6.07) is 7.07. The van der Waals surface area contributed by atoms with Gasteiger partial charge in [0.25, 0.3) is 5.91 Å². The number of rotatable bonds is 4. The first-order chi connectivity index (χ1) is 8.94. The zero-order valence-electron chi connectivity index (χ0n) is 10.1. The molecule has 0 aromatic heterocycles. The molecular weight excluding hydrogens is 381 g/mol. The summed E-state index contributed by atoms with van der Waals surface area (Å²) < 4.78 is 28.9. The number of benzene rings is 1. The molecule has 19 heavy (non-hydrogen) atoms. The molecule has 0 aliphatic carbocycles. The average Bonchev–Trinajstić information content (AvgIpc) is 2.68. The fourth-order valence-corrected chi connectivity index (χ4v) is 3.89. The maximum Gasteiger partial charge on any atom is 0.258 e. The lowest BCUT2D eigenvalue weighted by Gasteiger charge is -2.11. The van der Waals surface area contributed by atoms with Crippen molar-refractivity contribution in [2.45, 2.75) is 12.5 Å². The van der Waals surface area contributed by atoms with Crippen molar-refractivity contribution < 1.29 is 17.9 Å². The van der Waals surface area contributed by atoms with E-state index in [1.54, 1.807) is 12.1 Å². The molecule has 1 N–H and O–H groups in total. The molecule has 0 spiro atoms. The van der Waals surface area contributed by atoms with Gasteiger partial charge in [-0.3, -0.25) is 4.79 Å². The fourth-order valence-electron chi connectivity index (χ4n) is 1.86. The summed E-state index contributed by atoms with van der Waals surface area (Å²) in [4.78, 5) is 11.6. The Hall–Kier alpha value is -0.830. The number of hydrogen-bond acceptors (Lipinski definition) is 4. The van der Waals surface area contributed by atoms with Gasteiger partial charge in [0.2, 0.25) is 0 Å². The first kappa shape index (κ1) is 14.6. The van der Waals surface area contributed by atoms with Crippen LogP contribution in [-0.4, -0.2) is 38.5 Å². The fraction of sp³-hybridized carbons (Fsp3) is 0.417. The van der Waals surface area contributed by atoms with E-state index < -0.39 is 9.84 Å². The van der Waals surface area contributed by atoms with Crippen LogP contribution in [0.3, 0.4) is 0 Å². The number of carbonyl (C=O) groups excluding carboxylic acids is 1. The first-order valence-corrected chi connectivity index (χ1v) is 8.73. The summed E-state index contributed by atoms with van der Waals surface area (Å²) in [5.41, 5.74) is 0. The number of carbonyl (C=O) groups is 1. The van der Waals surface area contributed by atoms with E-state index in [2.05, 4.69) is 27.9 Å². The molecule has 104 valence electrons. The molecule has 0 saturated carbocycles. The summed E-state index contributed by atoms with van der Waals surface area (Å²) in [5, 5.41) is 2.67. The Balaban J connectivity index is 1.77. The monoisotopic (exact) mass is 395 g/mol. The van der Waals surface area contributed by atoms with Crippen LogP contribution in [0.2, 0.25) is 0 Å². The van der Waals surface area contributed by atoms with E-state index in [4.69, 9.17) is 4.74 Å². The highest BCUT2D eigenvalue weighted by Crippen LogP contribution is 2.14. The Morgan fingerprint density at radius 2 is 2.05 bits per heavy atom. The molecule has 1 amide bonds. The third kappa shape index (κ3) is 4.64. The SMILES string of the molecule is O=C(COc1ccc(I)cc1)NC1CCS(=O)(=O)C1. The molecule has 0 radical (unpaired) electrons. The summed E-state index contributed by atoms with van der Waals surface area (Å²) in [5.74, 6) is 0.508. The number of nitrogens with one attached hydrogen (secondary N) is 1.